The van der Waals surface area contributed by atoms with Gasteiger partial charge in [-0.05, 0) is 35.9 Å². The molecule has 0 spiro atoms. The van der Waals surface area contributed by atoms with Gasteiger partial charge in [0.05, 0.1) is 21.3 Å². The normalized spacial score (nSPS) is 10.4. The van der Waals surface area contributed by atoms with Crippen LogP contribution in [-0.4, -0.2) is 34.5 Å². The van der Waals surface area contributed by atoms with Gasteiger partial charge in [-0.15, -0.1) is 0 Å². The highest BCUT2D eigenvalue weighted by molar-refractivity contribution is 5.62. The van der Waals surface area contributed by atoms with Gasteiger partial charge in [-0.2, -0.15) is 0 Å². The summed E-state index contributed by atoms with van der Waals surface area (Å²) < 4.78 is 27.4. The van der Waals surface area contributed by atoms with Crippen molar-refractivity contribution in [3.63, 3.8) is 0 Å². The van der Waals surface area contributed by atoms with Crippen molar-refractivity contribution in [2.45, 2.75) is 0 Å². The summed E-state index contributed by atoms with van der Waals surface area (Å²) in [6, 6.07) is 11.3. The van der Waals surface area contributed by atoms with Gasteiger partial charge in [-0.3, -0.25) is 0 Å². The first kappa shape index (κ1) is 19.2. The van der Waals surface area contributed by atoms with Gasteiger partial charge in [0.2, 0.25) is 5.75 Å². The molecule has 0 radical (unpaired) electrons. The molecule has 5 nitrogen and oxygen atoms in total. The van der Waals surface area contributed by atoms with E-state index in [0.29, 0.717) is 42.0 Å². The van der Waals surface area contributed by atoms with Crippen molar-refractivity contribution in [1.29, 1.82) is 0 Å². The van der Waals surface area contributed by atoms with Crippen molar-refractivity contribution < 1.29 is 23.7 Å². The zero-order valence-corrected chi connectivity index (χ0v) is 15.4. The zero-order chi connectivity index (χ0) is 18.8. The number of benzene rings is 2. The number of ether oxygens (including phenoxy) is 5. The van der Waals surface area contributed by atoms with E-state index in [1.807, 2.05) is 48.6 Å². The number of methoxy groups -OCH3 is 3. The first-order chi connectivity index (χ1) is 12.7. The van der Waals surface area contributed by atoms with Crippen LogP contribution in [0.1, 0.15) is 5.56 Å². The predicted molar refractivity (Wildman–Crippen MR) is 103 cm³/mol. The topological polar surface area (TPSA) is 46.2 Å². The molecular weight excluding hydrogens is 332 g/mol. The lowest BCUT2D eigenvalue weighted by Crippen LogP contribution is -1.99. The summed E-state index contributed by atoms with van der Waals surface area (Å²) in [4.78, 5) is 0. The predicted octanol–water partition coefficient (Wildman–Crippen LogP) is 4.37. The van der Waals surface area contributed by atoms with Gasteiger partial charge < -0.3 is 23.7 Å². The highest BCUT2D eigenvalue weighted by atomic mass is 16.5. The molecule has 2 aromatic rings. The summed E-state index contributed by atoms with van der Waals surface area (Å²) in [5.41, 5.74) is 0.916. The first-order valence-corrected chi connectivity index (χ1v) is 8.15. The van der Waals surface area contributed by atoms with E-state index in [9.17, 15) is 0 Å². The third kappa shape index (κ3) is 4.96. The van der Waals surface area contributed by atoms with Crippen LogP contribution in [0.5, 0.6) is 28.7 Å². The molecule has 0 saturated carbocycles. The molecule has 0 aromatic heterocycles. The van der Waals surface area contributed by atoms with Crippen LogP contribution in [0.15, 0.2) is 55.1 Å². The molecule has 0 fully saturated rings. The minimum atomic E-state index is 0.394. The van der Waals surface area contributed by atoms with E-state index in [1.165, 1.54) is 0 Å². The Balaban J connectivity index is 2.06. The Labute approximate surface area is 154 Å². The summed E-state index contributed by atoms with van der Waals surface area (Å²) in [5, 5.41) is 0. The molecule has 0 aliphatic rings. The molecule has 0 amide bonds. The number of rotatable bonds is 10. The summed E-state index contributed by atoms with van der Waals surface area (Å²) in [7, 11) is 4.76. The molecule has 0 atom stereocenters. The lowest BCUT2D eigenvalue weighted by molar-refractivity contribution is 0.308. The number of hydrogen-bond donors (Lipinski definition) is 0. The van der Waals surface area contributed by atoms with Crippen LogP contribution in [0.25, 0.3) is 6.08 Å². The van der Waals surface area contributed by atoms with E-state index in [0.717, 1.165) is 5.56 Å². The molecule has 2 aromatic carbocycles. The molecule has 0 aliphatic heterocycles. The maximum atomic E-state index is 5.78. The molecule has 0 heterocycles. The van der Waals surface area contributed by atoms with E-state index >= 15 is 0 Å². The van der Waals surface area contributed by atoms with Crippen LogP contribution < -0.4 is 23.7 Å². The lowest BCUT2D eigenvalue weighted by Gasteiger charge is -2.13. The molecule has 0 N–H and O–H groups in total. The van der Waals surface area contributed by atoms with Crippen molar-refractivity contribution in [2.24, 2.45) is 0 Å². The summed E-state index contributed by atoms with van der Waals surface area (Å²) in [6.45, 7) is 4.47. The monoisotopic (exact) mass is 356 g/mol. The van der Waals surface area contributed by atoms with E-state index in [2.05, 4.69) is 6.58 Å². The van der Waals surface area contributed by atoms with Crippen molar-refractivity contribution in [3.8, 4) is 28.7 Å². The van der Waals surface area contributed by atoms with Gasteiger partial charge in [-0.1, -0.05) is 30.9 Å². The summed E-state index contributed by atoms with van der Waals surface area (Å²) in [6.07, 6.45) is 5.53. The molecule has 0 saturated heterocycles. The minimum absolute atomic E-state index is 0.394. The fraction of sp³-hybridized carbons (Fsp3) is 0.238. The minimum Gasteiger partial charge on any atom is -0.493 e. The highest BCUT2D eigenvalue weighted by Crippen LogP contribution is 2.38. The van der Waals surface area contributed by atoms with Gasteiger partial charge in [0.15, 0.2) is 23.0 Å². The first-order valence-electron chi connectivity index (χ1n) is 8.15. The quantitative estimate of drug-likeness (QED) is 0.592. The third-order valence-electron chi connectivity index (χ3n) is 3.54. The highest BCUT2D eigenvalue weighted by Gasteiger charge is 2.11. The van der Waals surface area contributed by atoms with Gasteiger partial charge in [0.1, 0.15) is 13.2 Å². The molecule has 5 heteroatoms. The SMILES string of the molecule is C=CCOc1ccccc1OCC=Cc1cc(OC)c(OC)c(OC)c1. The molecule has 0 bridgehead atoms. The molecule has 0 unspecified atom stereocenters. The van der Waals surface area contributed by atoms with Crippen LogP contribution in [0, 0.1) is 0 Å². The van der Waals surface area contributed by atoms with E-state index < -0.39 is 0 Å². The maximum Gasteiger partial charge on any atom is 0.203 e. The smallest absolute Gasteiger partial charge is 0.203 e. The second kappa shape index (κ2) is 10.0. The molecule has 26 heavy (non-hydrogen) atoms. The van der Waals surface area contributed by atoms with Crippen LogP contribution >= 0.6 is 0 Å². The van der Waals surface area contributed by atoms with Gasteiger partial charge in [0.25, 0.3) is 0 Å². The number of hydrogen-bond acceptors (Lipinski definition) is 5. The van der Waals surface area contributed by atoms with Crippen molar-refractivity contribution in [2.75, 3.05) is 34.5 Å². The standard InChI is InChI=1S/C21H24O5/c1-5-12-25-17-10-6-7-11-18(17)26-13-8-9-16-14-19(22-2)21(24-4)20(15-16)23-3/h5-11,14-15H,1,12-13H2,2-4H3. The Hall–Kier alpha value is -3.08. The summed E-state index contributed by atoms with van der Waals surface area (Å²) >= 11 is 0. The second-order valence-electron chi connectivity index (χ2n) is 5.22. The van der Waals surface area contributed by atoms with Crippen LogP contribution in [0.3, 0.4) is 0 Å². The summed E-state index contributed by atoms with van der Waals surface area (Å²) in [5.74, 6) is 3.15. The van der Waals surface area contributed by atoms with Crippen LogP contribution in [-0.2, 0) is 0 Å². The van der Waals surface area contributed by atoms with Crippen molar-refractivity contribution in [3.05, 3.63) is 60.7 Å². The Kier molecular flexibility index (Phi) is 7.43. The van der Waals surface area contributed by atoms with Crippen molar-refractivity contribution >= 4 is 6.08 Å². The average molecular weight is 356 g/mol. The molecule has 0 aliphatic carbocycles. The van der Waals surface area contributed by atoms with Crippen LogP contribution in [0.4, 0.5) is 0 Å². The zero-order valence-electron chi connectivity index (χ0n) is 15.4. The molecule has 138 valence electrons. The Morgan fingerprint density at radius 2 is 1.38 bits per heavy atom. The van der Waals surface area contributed by atoms with Gasteiger partial charge in [0, 0.05) is 0 Å². The van der Waals surface area contributed by atoms with E-state index in [4.69, 9.17) is 23.7 Å². The third-order valence-corrected chi connectivity index (χ3v) is 3.54. The van der Waals surface area contributed by atoms with E-state index in [-0.39, 0.29) is 0 Å². The van der Waals surface area contributed by atoms with Gasteiger partial charge in [-0.25, -0.2) is 0 Å². The Bertz CT molecular complexity index is 727. The maximum absolute atomic E-state index is 5.78. The largest absolute Gasteiger partial charge is 0.493 e. The second-order valence-corrected chi connectivity index (χ2v) is 5.22. The van der Waals surface area contributed by atoms with Crippen molar-refractivity contribution in [1.82, 2.24) is 0 Å². The molecule has 2 rings (SSSR count). The Morgan fingerprint density at radius 1 is 0.808 bits per heavy atom. The van der Waals surface area contributed by atoms with Crippen LogP contribution in [0.2, 0.25) is 0 Å². The van der Waals surface area contributed by atoms with E-state index in [1.54, 1.807) is 27.4 Å². The Morgan fingerprint density at radius 3 is 1.88 bits per heavy atom. The molecular formula is C21H24O5. The average Bonchev–Trinajstić information content (AvgIpc) is 2.69. The lowest BCUT2D eigenvalue weighted by atomic mass is 10.1. The fourth-order valence-electron chi connectivity index (χ4n) is 2.36. The number of para-hydroxylation sites is 2. The fourth-order valence-corrected chi connectivity index (χ4v) is 2.36. The van der Waals surface area contributed by atoms with Gasteiger partial charge >= 0.3 is 0 Å².